The third kappa shape index (κ3) is 6.17. The number of benzene rings is 1. The topological polar surface area (TPSA) is 73.6 Å². The maximum Gasteiger partial charge on any atom is 0.490 e. The van der Waals surface area contributed by atoms with E-state index >= 15 is 0 Å². The highest BCUT2D eigenvalue weighted by molar-refractivity contribution is 5.88. The Morgan fingerprint density at radius 1 is 1.16 bits per heavy atom. The number of pyridine rings is 1. The lowest BCUT2D eigenvalue weighted by Gasteiger charge is -2.11. The van der Waals surface area contributed by atoms with E-state index < -0.39 is 12.1 Å². The molecule has 0 bridgehead atoms. The summed E-state index contributed by atoms with van der Waals surface area (Å²) >= 11 is 0. The lowest BCUT2D eigenvalue weighted by atomic mass is 10.2. The van der Waals surface area contributed by atoms with Crippen molar-refractivity contribution in [3.63, 3.8) is 0 Å². The maximum absolute atomic E-state index is 13.0. The normalized spacial score (nSPS) is 11.2. The van der Waals surface area contributed by atoms with Crippen molar-refractivity contribution in [1.82, 2.24) is 9.55 Å². The molecule has 2 aromatic heterocycles. The molecule has 0 atom stereocenters. The lowest BCUT2D eigenvalue weighted by molar-refractivity contribution is -0.192. The van der Waals surface area contributed by atoms with E-state index in [0.717, 1.165) is 23.0 Å². The Balaban J connectivity index is 0.000000423. The molecule has 0 aliphatic carbocycles. The number of nitrogens with zero attached hydrogens (tertiary/aromatic N) is 2. The summed E-state index contributed by atoms with van der Waals surface area (Å²) in [6.45, 7) is 5.90. The Bertz CT molecular complexity index is 1030. The van der Waals surface area contributed by atoms with Crippen LogP contribution >= 0.6 is 0 Å². The van der Waals surface area contributed by atoms with Gasteiger partial charge in [-0.15, -0.1) is 0 Å². The monoisotopic (exact) mass is 442 g/mol. The van der Waals surface area contributed by atoms with Crippen LogP contribution in [0.3, 0.4) is 0 Å². The molecule has 3 aromatic rings. The Morgan fingerprint density at radius 2 is 1.77 bits per heavy atom. The molecule has 0 saturated carbocycles. The second-order valence-electron chi connectivity index (χ2n) is 6.59. The second kappa shape index (κ2) is 10.3. The number of hydrogen-bond acceptors (Lipinski definition) is 4. The third-order valence-electron chi connectivity index (χ3n) is 4.56. The summed E-state index contributed by atoms with van der Waals surface area (Å²) in [5, 5.41) is 8.26. The lowest BCUT2D eigenvalue weighted by Crippen LogP contribution is -2.21. The molecule has 0 aliphatic rings. The Kier molecular flexibility index (Phi) is 7.98. The van der Waals surface area contributed by atoms with Crippen LogP contribution in [0.15, 0.2) is 36.5 Å². The fraction of sp³-hybridized carbons (Fsp3) is 0.333. The molecule has 0 spiro atoms. The highest BCUT2D eigenvalue weighted by atomic mass is 19.4. The van der Waals surface area contributed by atoms with Crippen molar-refractivity contribution in [3.8, 4) is 5.88 Å². The van der Waals surface area contributed by atoms with Gasteiger partial charge in [0.15, 0.2) is 0 Å². The number of fused-ring (bicyclic) bond motifs is 1. The minimum absolute atomic E-state index is 0.251. The fourth-order valence-electron chi connectivity index (χ4n) is 2.86. The molecule has 10 heteroatoms. The highest BCUT2D eigenvalue weighted by Gasteiger charge is 2.38. The molecule has 31 heavy (non-hydrogen) atoms. The summed E-state index contributed by atoms with van der Waals surface area (Å²) in [6, 6.07) is 8.31. The van der Waals surface area contributed by atoms with Crippen molar-refractivity contribution in [1.29, 1.82) is 0 Å². The molecule has 2 heterocycles. The Labute approximate surface area is 176 Å². The number of carboxylic acid groups (broad SMARTS) is 1. The predicted molar refractivity (Wildman–Crippen MR) is 106 cm³/mol. The molecule has 0 aliphatic heterocycles. The number of aryl methyl sites for hydroxylation is 1. The van der Waals surface area contributed by atoms with Crippen molar-refractivity contribution in [2.45, 2.75) is 33.2 Å². The van der Waals surface area contributed by atoms with Crippen molar-refractivity contribution < 1.29 is 36.9 Å². The minimum Gasteiger partial charge on any atom is -0.475 e. The summed E-state index contributed by atoms with van der Waals surface area (Å²) in [6.07, 6.45) is -3.32. The largest absolute Gasteiger partial charge is 0.490 e. The van der Waals surface area contributed by atoms with E-state index in [9.17, 15) is 17.6 Å². The number of rotatable bonds is 6. The molecule has 0 amide bonds. The molecule has 1 aromatic carbocycles. The van der Waals surface area contributed by atoms with E-state index in [0.29, 0.717) is 19.1 Å². The van der Waals surface area contributed by atoms with E-state index in [1.165, 1.54) is 23.4 Å². The Hall–Kier alpha value is -3.14. The highest BCUT2D eigenvalue weighted by Crippen LogP contribution is 2.31. The van der Waals surface area contributed by atoms with E-state index in [4.69, 9.17) is 19.4 Å². The summed E-state index contributed by atoms with van der Waals surface area (Å²) < 4.78 is 58.1. The molecular formula is C21H22F4N2O4. The van der Waals surface area contributed by atoms with Gasteiger partial charge in [-0.1, -0.05) is 12.1 Å². The quantitative estimate of drug-likeness (QED) is 0.563. The van der Waals surface area contributed by atoms with Crippen LogP contribution in [0.1, 0.15) is 16.8 Å². The molecule has 0 radical (unpaired) electrons. The molecular weight excluding hydrogens is 420 g/mol. The predicted octanol–water partition coefficient (Wildman–Crippen LogP) is 4.65. The van der Waals surface area contributed by atoms with Gasteiger partial charge in [0.1, 0.15) is 17.9 Å². The SMILES string of the molecule is COCCn1c(C)c(C)c2ccnc(OCc3ccc(F)cc3)c21.O=C(O)C(F)(F)F. The van der Waals surface area contributed by atoms with Gasteiger partial charge in [-0.05, 0) is 43.2 Å². The Morgan fingerprint density at radius 3 is 2.32 bits per heavy atom. The van der Waals surface area contributed by atoms with Gasteiger partial charge < -0.3 is 19.1 Å². The van der Waals surface area contributed by atoms with Crippen LogP contribution in [0.25, 0.3) is 10.9 Å². The smallest absolute Gasteiger partial charge is 0.475 e. The molecule has 6 nitrogen and oxygen atoms in total. The van der Waals surface area contributed by atoms with Crippen molar-refractivity contribution in [2.75, 3.05) is 13.7 Å². The van der Waals surface area contributed by atoms with Crippen LogP contribution in [0.2, 0.25) is 0 Å². The average molecular weight is 442 g/mol. The van der Waals surface area contributed by atoms with E-state index in [1.807, 2.05) is 6.07 Å². The maximum atomic E-state index is 13.0. The zero-order valence-electron chi connectivity index (χ0n) is 17.2. The first kappa shape index (κ1) is 24.1. The molecule has 1 N–H and O–H groups in total. The number of carbonyl (C=O) groups is 1. The fourth-order valence-corrected chi connectivity index (χ4v) is 2.86. The zero-order chi connectivity index (χ0) is 23.2. The summed E-state index contributed by atoms with van der Waals surface area (Å²) in [5.41, 5.74) is 4.28. The van der Waals surface area contributed by atoms with E-state index in [1.54, 1.807) is 25.4 Å². The van der Waals surface area contributed by atoms with Crippen LogP contribution in [0.5, 0.6) is 5.88 Å². The summed E-state index contributed by atoms with van der Waals surface area (Å²) in [7, 11) is 1.69. The van der Waals surface area contributed by atoms with Crippen LogP contribution in [-0.4, -0.2) is 40.5 Å². The van der Waals surface area contributed by atoms with Gasteiger partial charge in [0.25, 0.3) is 0 Å². The number of aromatic nitrogens is 2. The zero-order valence-corrected chi connectivity index (χ0v) is 17.2. The minimum atomic E-state index is -5.08. The van der Waals surface area contributed by atoms with Crippen LogP contribution < -0.4 is 4.74 Å². The number of methoxy groups -OCH3 is 1. The molecule has 168 valence electrons. The van der Waals surface area contributed by atoms with Gasteiger partial charge in [-0.3, -0.25) is 0 Å². The van der Waals surface area contributed by atoms with Crippen molar-refractivity contribution >= 4 is 16.9 Å². The third-order valence-corrected chi connectivity index (χ3v) is 4.56. The second-order valence-corrected chi connectivity index (χ2v) is 6.59. The first-order valence-electron chi connectivity index (χ1n) is 9.17. The number of carboxylic acids is 1. The van der Waals surface area contributed by atoms with E-state index in [-0.39, 0.29) is 5.82 Å². The first-order chi connectivity index (χ1) is 14.6. The number of halogens is 4. The first-order valence-corrected chi connectivity index (χ1v) is 9.17. The number of hydrogen-bond donors (Lipinski definition) is 1. The van der Waals surface area contributed by atoms with Crippen molar-refractivity contribution in [2.24, 2.45) is 0 Å². The van der Waals surface area contributed by atoms with Gasteiger partial charge in [-0.2, -0.15) is 13.2 Å². The standard InChI is InChI=1S/C19H21FN2O2.C2HF3O2/c1-13-14(2)22(10-11-23-3)18-17(13)8-9-21-19(18)24-12-15-4-6-16(20)7-5-15;3-2(4,5)1(6)7/h4-9H,10-12H2,1-3H3;(H,6,7). The summed E-state index contributed by atoms with van der Waals surface area (Å²) in [4.78, 5) is 13.3. The summed E-state index contributed by atoms with van der Waals surface area (Å²) in [5.74, 6) is -2.42. The molecule has 0 saturated heterocycles. The van der Waals surface area contributed by atoms with Crippen LogP contribution in [0.4, 0.5) is 17.6 Å². The number of alkyl halides is 3. The van der Waals surface area contributed by atoms with E-state index in [2.05, 4.69) is 23.4 Å². The molecule has 0 unspecified atom stereocenters. The van der Waals surface area contributed by atoms with Crippen molar-refractivity contribution in [3.05, 3.63) is 59.2 Å². The molecule has 3 rings (SSSR count). The van der Waals surface area contributed by atoms with Gasteiger partial charge in [-0.25, -0.2) is 14.2 Å². The number of aliphatic carboxylic acids is 1. The number of ether oxygens (including phenoxy) is 2. The molecule has 0 fully saturated rings. The van der Waals surface area contributed by atoms with Gasteiger partial charge in [0.2, 0.25) is 5.88 Å². The van der Waals surface area contributed by atoms with Crippen LogP contribution in [-0.2, 0) is 22.7 Å². The van der Waals surface area contributed by atoms with Gasteiger partial charge in [0.05, 0.1) is 6.61 Å². The average Bonchev–Trinajstić information content (AvgIpc) is 2.96. The van der Waals surface area contributed by atoms with Gasteiger partial charge >= 0.3 is 12.1 Å². The van der Waals surface area contributed by atoms with Crippen LogP contribution in [0, 0.1) is 19.7 Å². The van der Waals surface area contributed by atoms with Gasteiger partial charge in [0, 0.05) is 30.9 Å².